The maximum absolute atomic E-state index is 13.7. The van der Waals surface area contributed by atoms with Crippen LogP contribution in [-0.4, -0.2) is 38.2 Å². The van der Waals surface area contributed by atoms with E-state index in [1.54, 1.807) is 37.3 Å². The third kappa shape index (κ3) is 4.96. The molecule has 0 saturated carbocycles. The van der Waals surface area contributed by atoms with Gasteiger partial charge in [0.25, 0.3) is 5.91 Å². The number of carbonyl (C=O) groups is 1. The van der Waals surface area contributed by atoms with Crippen molar-refractivity contribution in [2.24, 2.45) is 0 Å². The van der Waals surface area contributed by atoms with E-state index in [9.17, 15) is 4.79 Å². The molecule has 178 valence electrons. The molecule has 3 aromatic carbocycles. The van der Waals surface area contributed by atoms with Crippen LogP contribution in [0.2, 0.25) is 10.0 Å². The molecule has 34 heavy (non-hydrogen) atoms. The van der Waals surface area contributed by atoms with Crippen molar-refractivity contribution in [1.82, 2.24) is 4.90 Å². The van der Waals surface area contributed by atoms with Gasteiger partial charge in [-0.15, -0.1) is 0 Å². The fourth-order valence-electron chi connectivity index (χ4n) is 4.46. The summed E-state index contributed by atoms with van der Waals surface area (Å²) in [7, 11) is 3.22. The predicted octanol–water partition coefficient (Wildman–Crippen LogP) is 6.45. The predicted molar refractivity (Wildman–Crippen MR) is 135 cm³/mol. The van der Waals surface area contributed by atoms with Crippen LogP contribution in [0.5, 0.6) is 17.2 Å². The van der Waals surface area contributed by atoms with Gasteiger partial charge >= 0.3 is 0 Å². The van der Waals surface area contributed by atoms with Gasteiger partial charge in [-0.2, -0.15) is 0 Å². The number of benzene rings is 3. The third-order valence-electron chi connectivity index (χ3n) is 6.03. The molecule has 4 rings (SSSR count). The molecule has 0 saturated heterocycles. The van der Waals surface area contributed by atoms with Gasteiger partial charge in [-0.25, -0.2) is 0 Å². The molecule has 0 spiro atoms. The van der Waals surface area contributed by atoms with Crippen molar-refractivity contribution in [3.63, 3.8) is 0 Å². The second-order valence-electron chi connectivity index (χ2n) is 8.43. The van der Waals surface area contributed by atoms with Crippen LogP contribution in [-0.2, 0) is 6.42 Å². The van der Waals surface area contributed by atoms with Gasteiger partial charge in [0.15, 0.2) is 11.5 Å². The fraction of sp³-hybridized carbons (Fsp3) is 0.296. The van der Waals surface area contributed by atoms with Crippen molar-refractivity contribution in [2.75, 3.05) is 27.4 Å². The van der Waals surface area contributed by atoms with Crippen molar-refractivity contribution >= 4 is 29.1 Å². The summed E-state index contributed by atoms with van der Waals surface area (Å²) in [6.07, 6.45) is 0.666. The zero-order chi connectivity index (χ0) is 24.4. The number of fused-ring (bicyclic) bond motifs is 1. The number of nitrogens with zero attached hydrogens (tertiary/aromatic N) is 1. The van der Waals surface area contributed by atoms with Gasteiger partial charge in [0.05, 0.1) is 30.8 Å². The largest absolute Gasteiger partial charge is 0.493 e. The Kier molecular flexibility index (Phi) is 7.24. The zero-order valence-electron chi connectivity index (χ0n) is 19.7. The van der Waals surface area contributed by atoms with Crippen LogP contribution in [0.4, 0.5) is 0 Å². The molecule has 1 aliphatic rings. The molecule has 1 aliphatic heterocycles. The molecule has 0 bridgehead atoms. The first kappa shape index (κ1) is 24.2. The summed E-state index contributed by atoms with van der Waals surface area (Å²) in [5, 5.41) is 0.820. The lowest BCUT2D eigenvalue weighted by atomic mass is 9.91. The molecular weight excluding hydrogens is 473 g/mol. The number of ether oxygens (including phenoxy) is 3. The van der Waals surface area contributed by atoms with Crippen molar-refractivity contribution in [1.29, 1.82) is 0 Å². The van der Waals surface area contributed by atoms with Crippen LogP contribution in [0, 0.1) is 13.8 Å². The Morgan fingerprint density at radius 2 is 1.65 bits per heavy atom. The molecule has 0 aromatic heterocycles. The van der Waals surface area contributed by atoms with Crippen LogP contribution in [0.1, 0.15) is 38.7 Å². The average Bonchev–Trinajstić information content (AvgIpc) is 2.81. The molecule has 0 radical (unpaired) electrons. The van der Waals surface area contributed by atoms with Gasteiger partial charge in [0.1, 0.15) is 12.4 Å². The molecule has 3 aromatic rings. The van der Waals surface area contributed by atoms with Crippen molar-refractivity contribution < 1.29 is 19.0 Å². The lowest BCUT2D eigenvalue weighted by Crippen LogP contribution is -2.42. The summed E-state index contributed by atoms with van der Waals surface area (Å²) in [5.41, 5.74) is 4.65. The first-order chi connectivity index (χ1) is 16.3. The maximum Gasteiger partial charge on any atom is 0.256 e. The van der Waals surface area contributed by atoms with Gasteiger partial charge in [-0.3, -0.25) is 4.79 Å². The lowest BCUT2D eigenvalue weighted by molar-refractivity contribution is 0.0589. The number of hydrogen-bond donors (Lipinski definition) is 0. The molecule has 1 heterocycles. The number of amides is 1. The molecule has 0 N–H and O–H groups in total. The summed E-state index contributed by atoms with van der Waals surface area (Å²) in [5.74, 6) is 1.83. The van der Waals surface area contributed by atoms with E-state index in [2.05, 4.69) is 6.07 Å². The summed E-state index contributed by atoms with van der Waals surface area (Å²) in [4.78, 5) is 15.5. The molecule has 7 heteroatoms. The zero-order valence-corrected chi connectivity index (χ0v) is 21.2. The second kappa shape index (κ2) is 10.2. The Labute approximate surface area is 210 Å². The van der Waals surface area contributed by atoms with Gasteiger partial charge in [-0.05, 0) is 85.0 Å². The summed E-state index contributed by atoms with van der Waals surface area (Å²) >= 11 is 12.6. The molecule has 1 atom stereocenters. The SMILES string of the molecule is COc1cc2c(cc1OC)C(COc1cc(C)cc(C)c1)N(C(=O)c1cc(Cl)ccc1Cl)CC2. The molecule has 5 nitrogen and oxygen atoms in total. The van der Waals surface area contributed by atoms with Crippen LogP contribution < -0.4 is 14.2 Å². The standard InChI is InChI=1S/C27H27Cl2NO4/c1-16-9-17(2)11-20(10-16)34-15-24-21-14-26(33-4)25(32-3)12-18(21)7-8-30(24)27(31)22-13-19(28)5-6-23(22)29/h5-6,9-14,24H,7-8,15H2,1-4H3. The fourth-order valence-corrected chi connectivity index (χ4v) is 4.83. The molecule has 0 aliphatic carbocycles. The van der Waals surface area contributed by atoms with Gasteiger partial charge < -0.3 is 19.1 Å². The Bertz CT molecular complexity index is 1210. The normalized spacial score (nSPS) is 15.0. The smallest absolute Gasteiger partial charge is 0.256 e. The molecular formula is C27H27Cl2NO4. The van der Waals surface area contributed by atoms with Crippen LogP contribution in [0.3, 0.4) is 0 Å². The average molecular weight is 500 g/mol. The highest BCUT2D eigenvalue weighted by Crippen LogP contribution is 2.39. The highest BCUT2D eigenvalue weighted by Gasteiger charge is 2.34. The lowest BCUT2D eigenvalue weighted by Gasteiger charge is -2.38. The highest BCUT2D eigenvalue weighted by molar-refractivity contribution is 6.35. The minimum absolute atomic E-state index is 0.193. The van der Waals surface area contributed by atoms with Crippen LogP contribution >= 0.6 is 23.2 Å². The Morgan fingerprint density at radius 3 is 2.32 bits per heavy atom. The summed E-state index contributed by atoms with van der Waals surface area (Å²) < 4.78 is 17.3. The van der Waals surface area contributed by atoms with Crippen LogP contribution in [0.25, 0.3) is 0 Å². The minimum Gasteiger partial charge on any atom is -0.493 e. The van der Waals surface area contributed by atoms with E-state index in [1.165, 1.54) is 0 Å². The first-order valence-corrected chi connectivity index (χ1v) is 11.8. The number of aryl methyl sites for hydroxylation is 2. The van der Waals surface area contributed by atoms with E-state index < -0.39 is 0 Å². The maximum atomic E-state index is 13.7. The van der Waals surface area contributed by atoms with Crippen molar-refractivity contribution in [2.45, 2.75) is 26.3 Å². The number of methoxy groups -OCH3 is 2. The Balaban J connectivity index is 1.74. The number of rotatable bonds is 6. The summed E-state index contributed by atoms with van der Waals surface area (Å²) in [6, 6.07) is 14.6. The van der Waals surface area contributed by atoms with E-state index in [-0.39, 0.29) is 18.6 Å². The number of carbonyl (C=O) groups excluding carboxylic acids is 1. The minimum atomic E-state index is -0.355. The van der Waals surface area contributed by atoms with Crippen molar-refractivity contribution in [3.05, 3.63) is 86.4 Å². The van der Waals surface area contributed by atoms with E-state index in [0.29, 0.717) is 40.1 Å². The number of halogens is 2. The second-order valence-corrected chi connectivity index (χ2v) is 9.27. The van der Waals surface area contributed by atoms with E-state index in [4.69, 9.17) is 37.4 Å². The topological polar surface area (TPSA) is 48.0 Å². The van der Waals surface area contributed by atoms with Gasteiger partial charge in [0.2, 0.25) is 0 Å². The van der Waals surface area contributed by atoms with E-state index in [1.807, 2.05) is 38.1 Å². The highest BCUT2D eigenvalue weighted by atomic mass is 35.5. The van der Waals surface area contributed by atoms with Crippen LogP contribution in [0.15, 0.2) is 48.5 Å². The monoisotopic (exact) mass is 499 g/mol. The van der Waals surface area contributed by atoms with Gasteiger partial charge in [-0.1, -0.05) is 29.3 Å². The molecule has 0 fully saturated rings. The Hall–Kier alpha value is -2.89. The molecule has 1 unspecified atom stereocenters. The van der Waals surface area contributed by atoms with Gasteiger partial charge in [0, 0.05) is 11.6 Å². The summed E-state index contributed by atoms with van der Waals surface area (Å²) in [6.45, 7) is 4.84. The quantitative estimate of drug-likeness (QED) is 0.391. The molecule has 1 amide bonds. The van der Waals surface area contributed by atoms with E-state index >= 15 is 0 Å². The first-order valence-electron chi connectivity index (χ1n) is 11.0. The van der Waals surface area contributed by atoms with Crippen molar-refractivity contribution in [3.8, 4) is 17.2 Å². The third-order valence-corrected chi connectivity index (χ3v) is 6.59. The number of hydrogen-bond acceptors (Lipinski definition) is 4. The Morgan fingerprint density at radius 1 is 0.971 bits per heavy atom. The van der Waals surface area contributed by atoms with E-state index in [0.717, 1.165) is 28.0 Å².